The Kier molecular flexibility index (Phi) is 2.55. The second-order valence-corrected chi connectivity index (χ2v) is 4.53. The lowest BCUT2D eigenvalue weighted by Crippen LogP contribution is -2.14. The van der Waals surface area contributed by atoms with Crippen LogP contribution in [0.2, 0.25) is 0 Å². The van der Waals surface area contributed by atoms with Gasteiger partial charge in [0.1, 0.15) is 0 Å². The van der Waals surface area contributed by atoms with E-state index in [-0.39, 0.29) is 11.8 Å². The van der Waals surface area contributed by atoms with Crippen molar-refractivity contribution in [2.75, 3.05) is 5.32 Å². The van der Waals surface area contributed by atoms with Crippen LogP contribution < -0.4 is 5.32 Å². The highest BCUT2D eigenvalue weighted by Gasteiger charge is 2.39. The molecule has 2 aromatic rings. The number of aromatic nitrogens is 4. The third kappa shape index (κ3) is 2.09. The van der Waals surface area contributed by atoms with Gasteiger partial charge in [0.15, 0.2) is 5.82 Å². The van der Waals surface area contributed by atoms with Crippen LogP contribution in [0.5, 0.6) is 0 Å². The van der Waals surface area contributed by atoms with Crippen LogP contribution in [0.25, 0.3) is 5.82 Å². The zero-order valence-corrected chi connectivity index (χ0v) is 9.95. The maximum absolute atomic E-state index is 11.7. The fourth-order valence-electron chi connectivity index (χ4n) is 1.83. The van der Waals surface area contributed by atoms with Gasteiger partial charge in [-0.15, -0.1) is 4.80 Å². The number of carbonyl (C=O) groups excluding carboxylic acids is 1. The van der Waals surface area contributed by atoms with Crippen molar-refractivity contribution in [2.24, 2.45) is 11.8 Å². The summed E-state index contributed by atoms with van der Waals surface area (Å²) in [5.74, 6) is 1.37. The quantitative estimate of drug-likeness (QED) is 0.880. The van der Waals surface area contributed by atoms with Crippen LogP contribution in [0.15, 0.2) is 30.7 Å². The summed E-state index contributed by atoms with van der Waals surface area (Å²) in [4.78, 5) is 17.4. The number of anilines is 1. The molecule has 3 rings (SSSR count). The van der Waals surface area contributed by atoms with E-state index in [4.69, 9.17) is 0 Å². The first-order valence-corrected chi connectivity index (χ1v) is 5.87. The Morgan fingerprint density at radius 1 is 1.39 bits per heavy atom. The van der Waals surface area contributed by atoms with Gasteiger partial charge >= 0.3 is 0 Å². The molecule has 1 saturated carbocycles. The number of nitrogens with zero attached hydrogens (tertiary/aromatic N) is 4. The molecule has 1 N–H and O–H groups in total. The molecule has 6 nitrogen and oxygen atoms in total. The highest BCUT2D eigenvalue weighted by atomic mass is 16.2. The van der Waals surface area contributed by atoms with Crippen LogP contribution >= 0.6 is 0 Å². The molecule has 0 unspecified atom stereocenters. The minimum Gasteiger partial charge on any atom is -0.324 e. The Hall–Kier alpha value is -2.24. The largest absolute Gasteiger partial charge is 0.324 e. The second-order valence-electron chi connectivity index (χ2n) is 4.53. The predicted molar refractivity (Wildman–Crippen MR) is 65.1 cm³/mol. The van der Waals surface area contributed by atoms with Crippen molar-refractivity contribution < 1.29 is 4.79 Å². The monoisotopic (exact) mass is 243 g/mol. The average molecular weight is 243 g/mol. The van der Waals surface area contributed by atoms with E-state index < -0.39 is 0 Å². The summed E-state index contributed by atoms with van der Waals surface area (Å²) in [6, 6.07) is 3.57. The van der Waals surface area contributed by atoms with Crippen molar-refractivity contribution >= 4 is 11.6 Å². The van der Waals surface area contributed by atoms with Gasteiger partial charge in [-0.2, -0.15) is 10.2 Å². The summed E-state index contributed by atoms with van der Waals surface area (Å²) in [5, 5.41) is 10.8. The van der Waals surface area contributed by atoms with Crippen molar-refractivity contribution in [1.29, 1.82) is 0 Å². The van der Waals surface area contributed by atoms with Gasteiger partial charge in [-0.3, -0.25) is 4.79 Å². The van der Waals surface area contributed by atoms with E-state index in [2.05, 4.69) is 27.4 Å². The van der Waals surface area contributed by atoms with Gasteiger partial charge < -0.3 is 5.32 Å². The van der Waals surface area contributed by atoms with Crippen molar-refractivity contribution in [3.8, 4) is 5.82 Å². The van der Waals surface area contributed by atoms with Crippen molar-refractivity contribution in [3.63, 3.8) is 0 Å². The van der Waals surface area contributed by atoms with Gasteiger partial charge in [0.25, 0.3) is 0 Å². The van der Waals surface area contributed by atoms with Gasteiger partial charge in [0.2, 0.25) is 5.91 Å². The fourth-order valence-corrected chi connectivity index (χ4v) is 1.83. The highest BCUT2D eigenvalue weighted by Crippen LogP contribution is 2.38. The lowest BCUT2D eigenvalue weighted by molar-refractivity contribution is -0.117. The standard InChI is InChI=1S/C12H13N5O/c1-8-6-10(8)12(18)16-9-2-3-11(13-7-9)17-14-4-5-15-17/h2-5,7-8,10H,6H2,1H3,(H,16,18)/t8-,10-/m1/s1. The van der Waals surface area contributed by atoms with Crippen molar-refractivity contribution in [3.05, 3.63) is 30.7 Å². The minimum absolute atomic E-state index is 0.0780. The molecule has 0 bridgehead atoms. The first-order valence-electron chi connectivity index (χ1n) is 5.87. The van der Waals surface area contributed by atoms with Gasteiger partial charge in [-0.05, 0) is 24.5 Å². The molecule has 0 radical (unpaired) electrons. The summed E-state index contributed by atoms with van der Waals surface area (Å²) in [6.45, 7) is 2.08. The van der Waals surface area contributed by atoms with Gasteiger partial charge in [-0.25, -0.2) is 4.98 Å². The Labute approximate surface area is 104 Å². The zero-order chi connectivity index (χ0) is 12.5. The molecule has 0 spiro atoms. The third-order valence-corrected chi connectivity index (χ3v) is 3.09. The molecule has 92 valence electrons. The number of nitrogens with one attached hydrogen (secondary N) is 1. The lowest BCUT2D eigenvalue weighted by Gasteiger charge is -2.04. The molecular formula is C12H13N5O. The van der Waals surface area contributed by atoms with E-state index in [1.165, 1.54) is 4.80 Å². The molecule has 0 saturated heterocycles. The topological polar surface area (TPSA) is 72.7 Å². The number of carbonyl (C=O) groups is 1. The molecule has 6 heteroatoms. The Morgan fingerprint density at radius 2 is 2.11 bits per heavy atom. The molecular weight excluding hydrogens is 230 g/mol. The van der Waals surface area contributed by atoms with Crippen LogP contribution in [0, 0.1) is 11.8 Å². The summed E-state index contributed by atoms with van der Waals surface area (Å²) in [6.07, 6.45) is 5.77. The summed E-state index contributed by atoms with van der Waals surface area (Å²) < 4.78 is 0. The second kappa shape index (κ2) is 4.21. The molecule has 1 amide bonds. The van der Waals surface area contributed by atoms with Crippen LogP contribution in [0.1, 0.15) is 13.3 Å². The van der Waals surface area contributed by atoms with Gasteiger partial charge in [-0.1, -0.05) is 6.92 Å². The molecule has 2 atom stereocenters. The first-order chi connectivity index (χ1) is 8.74. The van der Waals surface area contributed by atoms with Crippen LogP contribution in [0.3, 0.4) is 0 Å². The smallest absolute Gasteiger partial charge is 0.227 e. The minimum atomic E-state index is 0.0780. The van der Waals surface area contributed by atoms with Crippen LogP contribution in [0.4, 0.5) is 5.69 Å². The summed E-state index contributed by atoms with van der Waals surface area (Å²) in [5.41, 5.74) is 0.704. The normalized spacial score (nSPS) is 21.6. The molecule has 1 aliphatic rings. The van der Waals surface area contributed by atoms with Gasteiger partial charge in [0, 0.05) is 5.92 Å². The lowest BCUT2D eigenvalue weighted by atomic mass is 10.3. The van der Waals surface area contributed by atoms with E-state index in [1.54, 1.807) is 30.7 Å². The molecule has 1 fully saturated rings. The van der Waals surface area contributed by atoms with E-state index in [9.17, 15) is 4.79 Å². The van der Waals surface area contributed by atoms with Crippen molar-refractivity contribution in [2.45, 2.75) is 13.3 Å². The SMILES string of the molecule is C[C@@H]1C[C@H]1C(=O)Nc1ccc(-n2nccn2)nc1. The molecule has 0 aliphatic heterocycles. The molecule has 2 aromatic heterocycles. The van der Waals surface area contributed by atoms with Crippen LogP contribution in [-0.2, 0) is 4.79 Å². The number of amides is 1. The van der Waals surface area contributed by atoms with Crippen LogP contribution in [-0.4, -0.2) is 25.9 Å². The number of rotatable bonds is 3. The highest BCUT2D eigenvalue weighted by molar-refractivity contribution is 5.94. The first kappa shape index (κ1) is 10.9. The summed E-state index contributed by atoms with van der Waals surface area (Å²) >= 11 is 0. The third-order valence-electron chi connectivity index (χ3n) is 3.09. The molecule has 0 aromatic carbocycles. The maximum atomic E-state index is 11.7. The Balaban J connectivity index is 1.69. The Bertz CT molecular complexity index is 548. The fraction of sp³-hybridized carbons (Fsp3) is 0.333. The van der Waals surface area contributed by atoms with E-state index in [0.717, 1.165) is 6.42 Å². The molecule has 1 aliphatic carbocycles. The maximum Gasteiger partial charge on any atom is 0.227 e. The predicted octanol–water partition coefficient (Wildman–Crippen LogP) is 1.26. The average Bonchev–Trinajstić information content (AvgIpc) is 2.91. The molecule has 2 heterocycles. The number of hydrogen-bond acceptors (Lipinski definition) is 4. The van der Waals surface area contributed by atoms with Gasteiger partial charge in [0.05, 0.1) is 24.3 Å². The van der Waals surface area contributed by atoms with E-state index in [0.29, 0.717) is 17.4 Å². The number of pyridine rings is 1. The molecule has 18 heavy (non-hydrogen) atoms. The zero-order valence-electron chi connectivity index (χ0n) is 9.95. The summed E-state index contributed by atoms with van der Waals surface area (Å²) in [7, 11) is 0. The van der Waals surface area contributed by atoms with Crippen molar-refractivity contribution in [1.82, 2.24) is 20.0 Å². The van der Waals surface area contributed by atoms with E-state index >= 15 is 0 Å². The number of hydrogen-bond donors (Lipinski definition) is 1. The Morgan fingerprint density at radius 3 is 2.67 bits per heavy atom. The van der Waals surface area contributed by atoms with E-state index in [1.807, 2.05) is 0 Å².